The van der Waals surface area contributed by atoms with Gasteiger partial charge >= 0.3 is 0 Å². The van der Waals surface area contributed by atoms with Gasteiger partial charge in [-0.2, -0.15) is 0 Å². The zero-order valence-electron chi connectivity index (χ0n) is 12.6. The van der Waals surface area contributed by atoms with E-state index in [4.69, 9.17) is 4.74 Å². The Labute approximate surface area is 121 Å². The fraction of sp³-hybridized carbons (Fsp3) is 0.562. The lowest BCUT2D eigenvalue weighted by atomic mass is 10.2. The third kappa shape index (κ3) is 7.02. The molecule has 0 aliphatic rings. The van der Waals surface area contributed by atoms with Gasteiger partial charge in [-0.25, -0.2) is 0 Å². The third-order valence-corrected chi connectivity index (χ3v) is 2.95. The summed E-state index contributed by atoms with van der Waals surface area (Å²) in [6, 6.07) is 7.72. The molecule has 0 saturated heterocycles. The van der Waals surface area contributed by atoms with Crippen molar-refractivity contribution in [2.24, 2.45) is 0 Å². The highest BCUT2D eigenvalue weighted by molar-refractivity contribution is 5.80. The molecule has 0 saturated carbocycles. The first-order valence-corrected chi connectivity index (χ1v) is 7.49. The van der Waals surface area contributed by atoms with Crippen molar-refractivity contribution in [2.75, 3.05) is 25.0 Å². The zero-order valence-corrected chi connectivity index (χ0v) is 12.6. The highest BCUT2D eigenvalue weighted by Gasteiger charge is 1.99. The van der Waals surface area contributed by atoms with Crippen LogP contribution < -0.4 is 15.4 Å². The molecule has 0 aromatic heterocycles. The van der Waals surface area contributed by atoms with Gasteiger partial charge in [-0.1, -0.05) is 26.2 Å². The van der Waals surface area contributed by atoms with Crippen molar-refractivity contribution in [3.05, 3.63) is 24.3 Å². The van der Waals surface area contributed by atoms with Gasteiger partial charge in [0.2, 0.25) is 5.91 Å². The predicted octanol–water partition coefficient (Wildman–Crippen LogP) is 3.19. The Morgan fingerprint density at radius 1 is 1.10 bits per heavy atom. The maximum absolute atomic E-state index is 11.3. The van der Waals surface area contributed by atoms with E-state index in [1.54, 1.807) is 0 Å². The molecule has 0 radical (unpaired) electrons. The zero-order chi connectivity index (χ0) is 14.6. The Hall–Kier alpha value is -1.71. The van der Waals surface area contributed by atoms with Crippen molar-refractivity contribution in [1.82, 2.24) is 5.32 Å². The molecule has 0 bridgehead atoms. The van der Waals surface area contributed by atoms with Crippen LogP contribution in [0.2, 0.25) is 0 Å². The van der Waals surface area contributed by atoms with Crippen molar-refractivity contribution < 1.29 is 9.53 Å². The van der Waals surface area contributed by atoms with Crippen LogP contribution in [0.25, 0.3) is 0 Å². The molecule has 0 aliphatic heterocycles. The number of carbonyl (C=O) groups is 1. The Morgan fingerprint density at radius 2 is 1.85 bits per heavy atom. The summed E-state index contributed by atoms with van der Waals surface area (Å²) >= 11 is 0. The van der Waals surface area contributed by atoms with Crippen LogP contribution >= 0.6 is 0 Å². The van der Waals surface area contributed by atoms with E-state index in [2.05, 4.69) is 17.6 Å². The summed E-state index contributed by atoms with van der Waals surface area (Å²) in [5.41, 5.74) is 0.926. The van der Waals surface area contributed by atoms with E-state index < -0.39 is 0 Å². The standard InChI is InChI=1S/C16H26N2O2/c1-3-5-6-7-12-20-15-10-8-14(9-11-15)18-13-16(19)17-4-2/h8-11,18H,3-7,12-13H2,1-2H3,(H,17,19). The normalized spacial score (nSPS) is 10.1. The van der Waals surface area contributed by atoms with Gasteiger partial charge in [-0.15, -0.1) is 0 Å². The van der Waals surface area contributed by atoms with Gasteiger partial charge in [0, 0.05) is 12.2 Å². The topological polar surface area (TPSA) is 50.4 Å². The monoisotopic (exact) mass is 278 g/mol. The number of carbonyl (C=O) groups excluding carboxylic acids is 1. The molecule has 4 nitrogen and oxygen atoms in total. The molecular formula is C16H26N2O2. The van der Waals surface area contributed by atoms with Crippen molar-refractivity contribution in [1.29, 1.82) is 0 Å². The molecule has 112 valence electrons. The molecule has 1 rings (SSSR count). The molecule has 0 spiro atoms. The van der Waals surface area contributed by atoms with E-state index in [9.17, 15) is 4.79 Å². The summed E-state index contributed by atoms with van der Waals surface area (Å²) in [5, 5.41) is 5.82. The quantitative estimate of drug-likeness (QED) is 0.646. The number of benzene rings is 1. The Balaban J connectivity index is 2.24. The van der Waals surface area contributed by atoms with E-state index in [0.717, 1.165) is 24.5 Å². The maximum atomic E-state index is 11.3. The number of anilines is 1. The average Bonchev–Trinajstić information content (AvgIpc) is 2.46. The van der Waals surface area contributed by atoms with Crippen LogP contribution in [0, 0.1) is 0 Å². The molecule has 0 atom stereocenters. The molecule has 0 aliphatic carbocycles. The second kappa shape index (κ2) is 10.1. The second-order valence-electron chi connectivity index (χ2n) is 4.74. The van der Waals surface area contributed by atoms with E-state index in [0.29, 0.717) is 13.1 Å². The van der Waals surface area contributed by atoms with Crippen LogP contribution in [0.15, 0.2) is 24.3 Å². The lowest BCUT2D eigenvalue weighted by molar-refractivity contribution is -0.119. The fourth-order valence-electron chi connectivity index (χ4n) is 1.83. The summed E-state index contributed by atoms with van der Waals surface area (Å²) < 4.78 is 5.66. The fourth-order valence-corrected chi connectivity index (χ4v) is 1.83. The number of ether oxygens (including phenoxy) is 1. The lowest BCUT2D eigenvalue weighted by Crippen LogP contribution is -2.29. The first kappa shape index (κ1) is 16.3. The smallest absolute Gasteiger partial charge is 0.239 e. The largest absolute Gasteiger partial charge is 0.494 e. The molecule has 1 amide bonds. The minimum Gasteiger partial charge on any atom is -0.494 e. The van der Waals surface area contributed by atoms with Crippen LogP contribution in [0.5, 0.6) is 5.75 Å². The number of likely N-dealkylation sites (N-methyl/N-ethyl adjacent to an activating group) is 1. The number of amides is 1. The number of hydrogen-bond acceptors (Lipinski definition) is 3. The Bertz CT molecular complexity index is 377. The number of hydrogen-bond donors (Lipinski definition) is 2. The highest BCUT2D eigenvalue weighted by atomic mass is 16.5. The third-order valence-electron chi connectivity index (χ3n) is 2.95. The average molecular weight is 278 g/mol. The van der Waals surface area contributed by atoms with E-state index >= 15 is 0 Å². The van der Waals surface area contributed by atoms with Crippen molar-refractivity contribution in [3.8, 4) is 5.75 Å². The molecular weight excluding hydrogens is 252 g/mol. The number of unbranched alkanes of at least 4 members (excludes halogenated alkanes) is 3. The van der Waals surface area contributed by atoms with Gasteiger partial charge in [-0.3, -0.25) is 4.79 Å². The van der Waals surface area contributed by atoms with Crippen molar-refractivity contribution in [3.63, 3.8) is 0 Å². The summed E-state index contributed by atoms with van der Waals surface area (Å²) in [5.74, 6) is 0.883. The molecule has 1 aromatic rings. The van der Waals surface area contributed by atoms with Gasteiger partial charge in [0.05, 0.1) is 13.2 Å². The first-order valence-electron chi connectivity index (χ1n) is 7.49. The first-order chi connectivity index (χ1) is 9.76. The predicted molar refractivity (Wildman–Crippen MR) is 83.3 cm³/mol. The Kier molecular flexibility index (Phi) is 8.27. The maximum Gasteiger partial charge on any atom is 0.239 e. The molecule has 2 N–H and O–H groups in total. The minimum atomic E-state index is 0.00347. The van der Waals surface area contributed by atoms with Gasteiger partial charge in [0.1, 0.15) is 5.75 Å². The van der Waals surface area contributed by atoms with Crippen LogP contribution in [0.4, 0.5) is 5.69 Å². The van der Waals surface area contributed by atoms with Gasteiger partial charge in [-0.05, 0) is 37.6 Å². The SMILES string of the molecule is CCCCCCOc1ccc(NCC(=O)NCC)cc1. The molecule has 0 unspecified atom stereocenters. The molecule has 0 heterocycles. The Morgan fingerprint density at radius 3 is 2.50 bits per heavy atom. The van der Waals surface area contributed by atoms with E-state index in [1.807, 2.05) is 31.2 Å². The molecule has 1 aromatic carbocycles. The summed E-state index contributed by atoms with van der Waals surface area (Å²) in [6.45, 7) is 5.83. The summed E-state index contributed by atoms with van der Waals surface area (Å²) in [6.07, 6.45) is 4.84. The minimum absolute atomic E-state index is 0.00347. The van der Waals surface area contributed by atoms with E-state index in [-0.39, 0.29) is 5.91 Å². The van der Waals surface area contributed by atoms with Crippen LogP contribution in [0.3, 0.4) is 0 Å². The molecule has 0 fully saturated rings. The number of nitrogens with one attached hydrogen (secondary N) is 2. The number of rotatable bonds is 10. The second-order valence-corrected chi connectivity index (χ2v) is 4.74. The lowest BCUT2D eigenvalue weighted by Gasteiger charge is -2.09. The van der Waals surface area contributed by atoms with Crippen LogP contribution in [0.1, 0.15) is 39.5 Å². The summed E-state index contributed by atoms with van der Waals surface area (Å²) in [4.78, 5) is 11.3. The highest BCUT2D eigenvalue weighted by Crippen LogP contribution is 2.16. The molecule has 20 heavy (non-hydrogen) atoms. The van der Waals surface area contributed by atoms with Gasteiger partial charge in [0.25, 0.3) is 0 Å². The van der Waals surface area contributed by atoms with Crippen molar-refractivity contribution >= 4 is 11.6 Å². The summed E-state index contributed by atoms with van der Waals surface area (Å²) in [7, 11) is 0. The van der Waals surface area contributed by atoms with Gasteiger partial charge < -0.3 is 15.4 Å². The van der Waals surface area contributed by atoms with Crippen LogP contribution in [-0.4, -0.2) is 25.6 Å². The van der Waals surface area contributed by atoms with Gasteiger partial charge in [0.15, 0.2) is 0 Å². The van der Waals surface area contributed by atoms with Crippen LogP contribution in [-0.2, 0) is 4.79 Å². The molecule has 4 heteroatoms. The van der Waals surface area contributed by atoms with E-state index in [1.165, 1.54) is 19.3 Å². The van der Waals surface area contributed by atoms with Crippen molar-refractivity contribution in [2.45, 2.75) is 39.5 Å².